The molecule has 8 nitrogen and oxygen atoms in total. The van der Waals surface area contributed by atoms with E-state index in [1.165, 1.54) is 21.8 Å². The quantitative estimate of drug-likeness (QED) is 0.550. The first-order chi connectivity index (χ1) is 17.3. The SMILES string of the molecule is CC[C@H]1/C=C/COc2c(ccc(F)c2F)[C@H](c2ncccc2C)N2CN1C(=O)c1c(O)c(=O)ccn12. The Balaban J connectivity index is 1.87. The van der Waals surface area contributed by atoms with Crippen molar-refractivity contribution in [2.45, 2.75) is 32.4 Å². The van der Waals surface area contributed by atoms with Crippen molar-refractivity contribution in [3.63, 3.8) is 0 Å². The van der Waals surface area contributed by atoms with Crippen LogP contribution in [0.2, 0.25) is 0 Å². The van der Waals surface area contributed by atoms with Crippen LogP contribution < -0.4 is 15.2 Å². The molecule has 1 amide bonds. The molecule has 0 saturated heterocycles. The van der Waals surface area contributed by atoms with E-state index in [0.29, 0.717) is 12.1 Å². The third kappa shape index (κ3) is 3.69. The lowest BCUT2D eigenvalue weighted by atomic mass is 9.97. The number of halogens is 2. The van der Waals surface area contributed by atoms with Gasteiger partial charge in [0.15, 0.2) is 23.0 Å². The van der Waals surface area contributed by atoms with Gasteiger partial charge in [-0.3, -0.25) is 24.3 Å². The third-order valence-corrected chi connectivity index (χ3v) is 6.57. The number of hydrogen-bond donors (Lipinski definition) is 1. The molecule has 0 radical (unpaired) electrons. The van der Waals surface area contributed by atoms with E-state index in [1.807, 2.05) is 19.9 Å². The lowest BCUT2D eigenvalue weighted by molar-refractivity contribution is 0.0625. The number of nitrogens with zero attached hydrogens (tertiary/aromatic N) is 4. The molecule has 0 aliphatic carbocycles. The van der Waals surface area contributed by atoms with E-state index in [0.717, 1.165) is 17.7 Å². The average Bonchev–Trinajstić information content (AvgIpc) is 2.89. The fourth-order valence-corrected chi connectivity index (χ4v) is 4.76. The molecule has 0 unspecified atom stereocenters. The topological polar surface area (TPSA) is 87.9 Å². The summed E-state index contributed by atoms with van der Waals surface area (Å²) in [4.78, 5) is 32.0. The first-order valence-corrected chi connectivity index (χ1v) is 11.5. The van der Waals surface area contributed by atoms with Crippen LogP contribution in [0.15, 0.2) is 59.7 Å². The van der Waals surface area contributed by atoms with Gasteiger partial charge in [-0.15, -0.1) is 0 Å². The molecule has 5 rings (SSSR count). The van der Waals surface area contributed by atoms with Crippen LogP contribution in [-0.4, -0.2) is 44.9 Å². The lowest BCUT2D eigenvalue weighted by Crippen LogP contribution is -2.58. The van der Waals surface area contributed by atoms with Crippen LogP contribution in [0.25, 0.3) is 0 Å². The first-order valence-electron chi connectivity index (χ1n) is 11.5. The van der Waals surface area contributed by atoms with Gasteiger partial charge in [-0.05, 0) is 43.2 Å². The summed E-state index contributed by atoms with van der Waals surface area (Å²) in [6, 6.07) is 5.89. The number of rotatable bonds is 2. The normalized spacial score (nSPS) is 20.2. The second-order valence-corrected chi connectivity index (χ2v) is 8.68. The Hall–Kier alpha value is -4.21. The molecule has 10 heteroatoms. The first kappa shape index (κ1) is 23.5. The zero-order valence-corrected chi connectivity index (χ0v) is 19.7. The molecule has 36 heavy (non-hydrogen) atoms. The second-order valence-electron chi connectivity index (χ2n) is 8.68. The van der Waals surface area contributed by atoms with Gasteiger partial charge in [-0.2, -0.15) is 4.39 Å². The molecule has 0 spiro atoms. The molecule has 1 aromatic carbocycles. The largest absolute Gasteiger partial charge is 0.502 e. The zero-order valence-electron chi connectivity index (χ0n) is 19.7. The minimum absolute atomic E-state index is 0.0100. The Labute approximate surface area is 205 Å². The van der Waals surface area contributed by atoms with Gasteiger partial charge in [-0.25, -0.2) is 4.39 Å². The summed E-state index contributed by atoms with van der Waals surface area (Å²) in [6.07, 6.45) is 6.87. The third-order valence-electron chi connectivity index (χ3n) is 6.57. The van der Waals surface area contributed by atoms with E-state index >= 15 is 4.39 Å². The van der Waals surface area contributed by atoms with Crippen LogP contribution in [0, 0.1) is 18.6 Å². The number of ether oxygens (including phenoxy) is 1. The van der Waals surface area contributed by atoms with Crippen molar-refractivity contribution in [2.24, 2.45) is 0 Å². The summed E-state index contributed by atoms with van der Waals surface area (Å²) in [5, 5.41) is 12.4. The van der Waals surface area contributed by atoms with Crippen molar-refractivity contribution < 1.29 is 23.4 Å². The number of hydrogen-bond acceptors (Lipinski definition) is 6. The van der Waals surface area contributed by atoms with Gasteiger partial charge in [0, 0.05) is 24.0 Å². The predicted molar refractivity (Wildman–Crippen MR) is 128 cm³/mol. The summed E-state index contributed by atoms with van der Waals surface area (Å²) in [6.45, 7) is 3.68. The molecule has 2 aromatic heterocycles. The smallest absolute Gasteiger partial charge is 0.278 e. The van der Waals surface area contributed by atoms with E-state index < -0.39 is 40.8 Å². The second kappa shape index (κ2) is 9.10. The highest BCUT2D eigenvalue weighted by atomic mass is 19.2. The molecular weight excluding hydrogens is 470 g/mol. The van der Waals surface area contributed by atoms with Crippen molar-refractivity contribution in [1.29, 1.82) is 0 Å². The zero-order chi connectivity index (χ0) is 25.6. The van der Waals surface area contributed by atoms with E-state index in [1.54, 1.807) is 29.4 Å². The van der Waals surface area contributed by atoms with Gasteiger partial charge in [0.05, 0.1) is 11.7 Å². The van der Waals surface area contributed by atoms with Crippen LogP contribution in [0.1, 0.15) is 46.7 Å². The maximum Gasteiger partial charge on any atom is 0.278 e. The van der Waals surface area contributed by atoms with E-state index in [4.69, 9.17) is 4.74 Å². The maximum atomic E-state index is 15.1. The fourth-order valence-electron chi connectivity index (χ4n) is 4.76. The standard InChI is InChI=1S/C26H24F2N4O4/c1-3-16-7-5-13-36-25-17(8-9-18(27)20(25)28)22(21-15(2)6-4-11-29-21)32-14-30(16)26(35)23-24(34)19(33)10-12-31(23)32/h4-12,16,22,34H,3,13-14H2,1-2H3/b7-5+/t16-,22+/m0/s1. The van der Waals surface area contributed by atoms with Crippen molar-refractivity contribution in [2.75, 3.05) is 18.3 Å². The number of aromatic hydroxyl groups is 1. The van der Waals surface area contributed by atoms with Crippen LogP contribution >= 0.6 is 0 Å². The molecule has 0 fully saturated rings. The number of amides is 1. The van der Waals surface area contributed by atoms with Crippen molar-refractivity contribution in [1.82, 2.24) is 14.6 Å². The number of aryl methyl sites for hydroxylation is 1. The molecule has 3 aromatic rings. The van der Waals surface area contributed by atoms with Crippen LogP contribution in [0.4, 0.5) is 8.78 Å². The molecule has 2 aliphatic heterocycles. The molecule has 2 bridgehead atoms. The average molecular weight is 494 g/mol. The molecule has 186 valence electrons. The van der Waals surface area contributed by atoms with Crippen molar-refractivity contribution in [3.8, 4) is 11.5 Å². The lowest BCUT2D eigenvalue weighted by Gasteiger charge is -2.45. The van der Waals surface area contributed by atoms with Gasteiger partial charge in [0.25, 0.3) is 5.91 Å². The Morgan fingerprint density at radius 1 is 1.19 bits per heavy atom. The van der Waals surface area contributed by atoms with Gasteiger partial charge in [0.2, 0.25) is 11.2 Å². The molecule has 2 atom stereocenters. The van der Waals surface area contributed by atoms with E-state index in [2.05, 4.69) is 4.98 Å². The summed E-state index contributed by atoms with van der Waals surface area (Å²) in [5.74, 6) is -3.70. The van der Waals surface area contributed by atoms with E-state index in [9.17, 15) is 19.1 Å². The number of carbonyl (C=O) groups excluding carboxylic acids is 1. The molecule has 2 aliphatic rings. The highest BCUT2D eigenvalue weighted by Crippen LogP contribution is 2.39. The number of fused-ring (bicyclic) bond motifs is 5. The van der Waals surface area contributed by atoms with Crippen molar-refractivity contribution in [3.05, 3.63) is 99.3 Å². The Morgan fingerprint density at radius 2 is 2.00 bits per heavy atom. The minimum atomic E-state index is -1.14. The number of pyridine rings is 2. The van der Waals surface area contributed by atoms with Crippen molar-refractivity contribution >= 4 is 5.91 Å². The highest BCUT2D eigenvalue weighted by Gasteiger charge is 2.40. The Morgan fingerprint density at radius 3 is 2.75 bits per heavy atom. The summed E-state index contributed by atoms with van der Waals surface area (Å²) in [7, 11) is 0. The number of aromatic nitrogens is 2. The number of carbonyl (C=O) groups is 1. The van der Waals surface area contributed by atoms with Gasteiger partial charge in [0.1, 0.15) is 19.3 Å². The molecule has 4 heterocycles. The van der Waals surface area contributed by atoms with Crippen LogP contribution in [0.5, 0.6) is 11.5 Å². The molecule has 0 saturated carbocycles. The molecular formula is C26H24F2N4O4. The minimum Gasteiger partial charge on any atom is -0.502 e. The maximum absolute atomic E-state index is 15.1. The van der Waals surface area contributed by atoms with Gasteiger partial charge < -0.3 is 14.7 Å². The van der Waals surface area contributed by atoms with E-state index in [-0.39, 0.29) is 30.3 Å². The highest BCUT2D eigenvalue weighted by molar-refractivity contribution is 5.96. The monoisotopic (exact) mass is 494 g/mol. The van der Waals surface area contributed by atoms with Crippen LogP contribution in [-0.2, 0) is 0 Å². The Kier molecular flexibility index (Phi) is 5.95. The summed E-state index contributed by atoms with van der Waals surface area (Å²) < 4.78 is 36.6. The fraction of sp³-hybridized carbons (Fsp3) is 0.269. The Bertz CT molecular complexity index is 1440. The van der Waals surface area contributed by atoms with Gasteiger partial charge in [-0.1, -0.05) is 19.1 Å². The number of benzene rings is 1. The summed E-state index contributed by atoms with van der Waals surface area (Å²) in [5.41, 5.74) is 0.619. The van der Waals surface area contributed by atoms with Crippen LogP contribution in [0.3, 0.4) is 0 Å². The molecule has 1 N–H and O–H groups in total. The predicted octanol–water partition coefficient (Wildman–Crippen LogP) is 3.40. The van der Waals surface area contributed by atoms with Gasteiger partial charge >= 0.3 is 0 Å². The summed E-state index contributed by atoms with van der Waals surface area (Å²) >= 11 is 0.